The smallest absolute Gasteiger partial charge is 0.303 e. The standard InChI is InChI=1S/C19H30O5S/c1-2-3-4-9-18(21)15-7-5-8-17(12-15)24-13-16(20)14-25-11-6-10-19(22)23/h5,7-8,12,16,18,20-21H,2-4,6,9-11,13-14H2,1H3,(H,22,23). The Labute approximate surface area is 154 Å². The van der Waals surface area contributed by atoms with Crippen molar-refractivity contribution in [3.05, 3.63) is 29.8 Å². The molecule has 1 aromatic rings. The molecule has 1 aromatic carbocycles. The van der Waals surface area contributed by atoms with Crippen LogP contribution in [0.5, 0.6) is 5.75 Å². The number of aliphatic hydroxyl groups excluding tert-OH is 2. The second-order valence-electron chi connectivity index (χ2n) is 6.12. The molecule has 0 saturated heterocycles. The van der Waals surface area contributed by atoms with E-state index in [4.69, 9.17) is 9.84 Å². The first-order chi connectivity index (χ1) is 12.0. The van der Waals surface area contributed by atoms with Gasteiger partial charge < -0.3 is 20.1 Å². The van der Waals surface area contributed by atoms with E-state index in [2.05, 4.69) is 6.92 Å². The van der Waals surface area contributed by atoms with E-state index in [-0.39, 0.29) is 13.0 Å². The Morgan fingerprint density at radius 2 is 2.04 bits per heavy atom. The van der Waals surface area contributed by atoms with Crippen LogP contribution < -0.4 is 4.74 Å². The molecule has 142 valence electrons. The number of rotatable bonds is 14. The number of benzene rings is 1. The zero-order chi connectivity index (χ0) is 18.5. The van der Waals surface area contributed by atoms with Crippen LogP contribution in [0, 0.1) is 0 Å². The van der Waals surface area contributed by atoms with Crippen molar-refractivity contribution in [3.8, 4) is 5.75 Å². The minimum Gasteiger partial charge on any atom is -0.491 e. The zero-order valence-corrected chi connectivity index (χ0v) is 15.7. The molecule has 0 saturated carbocycles. The molecule has 0 radical (unpaired) electrons. The summed E-state index contributed by atoms with van der Waals surface area (Å²) in [4.78, 5) is 10.4. The number of aliphatic carboxylic acids is 1. The summed E-state index contributed by atoms with van der Waals surface area (Å²) >= 11 is 1.52. The minimum atomic E-state index is -0.791. The Bertz CT molecular complexity index is 494. The molecular weight excluding hydrogens is 340 g/mol. The molecule has 2 atom stereocenters. The topological polar surface area (TPSA) is 87.0 Å². The minimum absolute atomic E-state index is 0.160. The van der Waals surface area contributed by atoms with Crippen molar-refractivity contribution in [1.29, 1.82) is 0 Å². The van der Waals surface area contributed by atoms with Crippen LogP contribution in [0.3, 0.4) is 0 Å². The Morgan fingerprint density at radius 1 is 1.24 bits per heavy atom. The summed E-state index contributed by atoms with van der Waals surface area (Å²) in [5.41, 5.74) is 0.839. The van der Waals surface area contributed by atoms with E-state index in [1.807, 2.05) is 24.3 Å². The largest absolute Gasteiger partial charge is 0.491 e. The van der Waals surface area contributed by atoms with Crippen LogP contribution in [-0.4, -0.2) is 45.5 Å². The first kappa shape index (κ1) is 21.8. The molecule has 25 heavy (non-hydrogen) atoms. The van der Waals surface area contributed by atoms with Gasteiger partial charge in [0.05, 0.1) is 12.2 Å². The Hall–Kier alpha value is -1.24. The van der Waals surface area contributed by atoms with Gasteiger partial charge in [0.25, 0.3) is 0 Å². The van der Waals surface area contributed by atoms with Gasteiger partial charge in [-0.25, -0.2) is 0 Å². The molecule has 6 heteroatoms. The third-order valence-corrected chi connectivity index (χ3v) is 4.95. The Kier molecular flexibility index (Phi) is 11.4. The summed E-state index contributed by atoms with van der Waals surface area (Å²) < 4.78 is 5.61. The molecule has 0 aliphatic heterocycles. The van der Waals surface area contributed by atoms with E-state index < -0.39 is 18.2 Å². The molecule has 2 unspecified atom stereocenters. The molecule has 0 aliphatic carbocycles. The lowest BCUT2D eigenvalue weighted by Gasteiger charge is -2.15. The lowest BCUT2D eigenvalue weighted by atomic mass is 10.0. The fourth-order valence-corrected chi connectivity index (χ4v) is 3.23. The number of thioether (sulfide) groups is 1. The highest BCUT2D eigenvalue weighted by atomic mass is 32.2. The van der Waals surface area contributed by atoms with Gasteiger partial charge in [0.2, 0.25) is 0 Å². The van der Waals surface area contributed by atoms with Crippen molar-refractivity contribution in [2.45, 2.75) is 57.7 Å². The predicted molar refractivity (Wildman–Crippen MR) is 101 cm³/mol. The average molecular weight is 371 g/mol. The van der Waals surface area contributed by atoms with E-state index in [9.17, 15) is 15.0 Å². The highest BCUT2D eigenvalue weighted by Gasteiger charge is 2.10. The summed E-state index contributed by atoms with van der Waals surface area (Å²) in [6.45, 7) is 2.32. The lowest BCUT2D eigenvalue weighted by Crippen LogP contribution is -2.20. The van der Waals surface area contributed by atoms with Crippen LogP contribution in [0.1, 0.15) is 57.1 Å². The van der Waals surface area contributed by atoms with Crippen molar-refractivity contribution in [1.82, 2.24) is 0 Å². The van der Waals surface area contributed by atoms with Gasteiger partial charge in [-0.3, -0.25) is 4.79 Å². The average Bonchev–Trinajstić information content (AvgIpc) is 2.59. The van der Waals surface area contributed by atoms with Crippen molar-refractivity contribution in [2.24, 2.45) is 0 Å². The van der Waals surface area contributed by atoms with Gasteiger partial charge in [-0.15, -0.1) is 0 Å². The number of carboxylic acid groups (broad SMARTS) is 1. The van der Waals surface area contributed by atoms with Crippen molar-refractivity contribution in [3.63, 3.8) is 0 Å². The van der Waals surface area contributed by atoms with Gasteiger partial charge in [-0.2, -0.15) is 11.8 Å². The van der Waals surface area contributed by atoms with Crippen molar-refractivity contribution in [2.75, 3.05) is 18.1 Å². The molecule has 1 rings (SSSR count). The van der Waals surface area contributed by atoms with Crippen molar-refractivity contribution >= 4 is 17.7 Å². The highest BCUT2D eigenvalue weighted by molar-refractivity contribution is 7.99. The Morgan fingerprint density at radius 3 is 2.76 bits per heavy atom. The molecule has 0 aliphatic rings. The van der Waals surface area contributed by atoms with Crippen molar-refractivity contribution < 1.29 is 24.9 Å². The van der Waals surface area contributed by atoms with Crippen LogP contribution in [0.25, 0.3) is 0 Å². The summed E-state index contributed by atoms with van der Waals surface area (Å²) in [6, 6.07) is 7.37. The molecule has 0 amide bonds. The molecular formula is C19H30O5S. The van der Waals surface area contributed by atoms with Crippen LogP contribution >= 0.6 is 11.8 Å². The molecule has 0 aromatic heterocycles. The lowest BCUT2D eigenvalue weighted by molar-refractivity contribution is -0.137. The van der Waals surface area contributed by atoms with Crippen LogP contribution in [-0.2, 0) is 4.79 Å². The van der Waals surface area contributed by atoms with Gasteiger partial charge in [-0.05, 0) is 36.3 Å². The molecule has 0 fully saturated rings. The van der Waals surface area contributed by atoms with Crippen LogP contribution in [0.4, 0.5) is 0 Å². The third kappa shape index (κ3) is 10.4. The molecule has 3 N–H and O–H groups in total. The second kappa shape index (κ2) is 13.0. The number of unbranched alkanes of at least 4 members (excludes halogenated alkanes) is 2. The molecule has 0 spiro atoms. The van der Waals surface area contributed by atoms with E-state index >= 15 is 0 Å². The van der Waals surface area contributed by atoms with E-state index in [1.165, 1.54) is 11.8 Å². The van der Waals surface area contributed by atoms with Crippen LogP contribution in [0.2, 0.25) is 0 Å². The van der Waals surface area contributed by atoms with E-state index in [0.717, 1.165) is 31.2 Å². The number of hydrogen-bond acceptors (Lipinski definition) is 5. The van der Waals surface area contributed by atoms with Gasteiger partial charge in [0.1, 0.15) is 12.4 Å². The van der Waals surface area contributed by atoms with Gasteiger partial charge in [-0.1, -0.05) is 38.3 Å². The summed E-state index contributed by atoms with van der Waals surface area (Å²) in [6.07, 6.45) is 3.66. The number of carbonyl (C=O) groups is 1. The maximum absolute atomic E-state index is 10.4. The van der Waals surface area contributed by atoms with E-state index in [0.29, 0.717) is 23.7 Å². The monoisotopic (exact) mass is 370 g/mol. The predicted octanol–water partition coefficient (Wildman–Crippen LogP) is 3.64. The molecule has 0 heterocycles. The summed E-state index contributed by atoms with van der Waals surface area (Å²) in [5, 5.41) is 28.7. The SMILES string of the molecule is CCCCCC(O)c1cccc(OCC(O)CSCCCC(=O)O)c1. The molecule has 5 nitrogen and oxygen atoms in total. The molecule has 0 bridgehead atoms. The first-order valence-electron chi connectivity index (χ1n) is 8.91. The maximum Gasteiger partial charge on any atom is 0.303 e. The second-order valence-corrected chi connectivity index (χ2v) is 7.27. The highest BCUT2D eigenvalue weighted by Crippen LogP contribution is 2.23. The number of aliphatic hydroxyl groups is 2. The zero-order valence-electron chi connectivity index (χ0n) is 14.9. The number of hydrogen-bond donors (Lipinski definition) is 3. The first-order valence-corrected chi connectivity index (χ1v) is 10.1. The van der Waals surface area contributed by atoms with Gasteiger partial charge in [0.15, 0.2) is 0 Å². The van der Waals surface area contributed by atoms with Gasteiger partial charge >= 0.3 is 5.97 Å². The fourth-order valence-electron chi connectivity index (χ4n) is 2.35. The Balaban J connectivity index is 2.29. The normalized spacial score (nSPS) is 13.4. The van der Waals surface area contributed by atoms with E-state index in [1.54, 1.807) is 0 Å². The summed E-state index contributed by atoms with van der Waals surface area (Å²) in [7, 11) is 0. The van der Waals surface area contributed by atoms with Gasteiger partial charge in [0, 0.05) is 12.2 Å². The fraction of sp³-hybridized carbons (Fsp3) is 0.632. The number of ether oxygens (including phenoxy) is 1. The summed E-state index contributed by atoms with van der Waals surface area (Å²) in [5.74, 6) is 1.07. The quantitative estimate of drug-likeness (QED) is 0.434. The van der Waals surface area contributed by atoms with Crippen LogP contribution in [0.15, 0.2) is 24.3 Å². The number of carboxylic acids is 1. The third-order valence-electron chi connectivity index (χ3n) is 3.76. The maximum atomic E-state index is 10.4.